The standard InChI is InChI=1S/C11H11F3N2O2/c1-16(5-10(15)18)9-3-2-7(6-17)4-8(9)11(12,13)14/h2-4,6H,5H2,1H3,(H2,15,18). The fourth-order valence-corrected chi connectivity index (χ4v) is 1.51. The lowest BCUT2D eigenvalue weighted by Gasteiger charge is -2.22. The largest absolute Gasteiger partial charge is 0.418 e. The quantitative estimate of drug-likeness (QED) is 0.833. The van der Waals surface area contributed by atoms with Gasteiger partial charge in [0.2, 0.25) is 5.91 Å². The Bertz CT molecular complexity index is 472. The molecule has 0 bridgehead atoms. The number of hydrogen-bond donors (Lipinski definition) is 1. The highest BCUT2D eigenvalue weighted by Gasteiger charge is 2.34. The van der Waals surface area contributed by atoms with E-state index in [1.165, 1.54) is 13.1 Å². The highest BCUT2D eigenvalue weighted by Crippen LogP contribution is 2.36. The number of hydrogen-bond acceptors (Lipinski definition) is 3. The number of alkyl halides is 3. The average molecular weight is 260 g/mol. The molecule has 0 fully saturated rings. The van der Waals surface area contributed by atoms with Gasteiger partial charge < -0.3 is 10.6 Å². The third-order valence-electron chi connectivity index (χ3n) is 2.27. The SMILES string of the molecule is CN(CC(N)=O)c1ccc(C=O)cc1C(F)(F)F. The summed E-state index contributed by atoms with van der Waals surface area (Å²) in [5.41, 5.74) is 3.67. The molecule has 0 heterocycles. The molecule has 0 aliphatic rings. The first-order chi connectivity index (χ1) is 8.25. The Kier molecular flexibility index (Phi) is 3.95. The van der Waals surface area contributed by atoms with E-state index >= 15 is 0 Å². The van der Waals surface area contributed by atoms with Crippen LogP contribution in [0.3, 0.4) is 0 Å². The van der Waals surface area contributed by atoms with Crippen molar-refractivity contribution in [3.05, 3.63) is 29.3 Å². The van der Waals surface area contributed by atoms with Crippen molar-refractivity contribution in [2.75, 3.05) is 18.5 Å². The third kappa shape index (κ3) is 3.22. The number of aldehydes is 1. The first-order valence-electron chi connectivity index (χ1n) is 4.91. The number of halogens is 3. The van der Waals surface area contributed by atoms with E-state index in [1.807, 2.05) is 0 Å². The second-order valence-corrected chi connectivity index (χ2v) is 3.71. The highest BCUT2D eigenvalue weighted by molar-refractivity contribution is 5.81. The van der Waals surface area contributed by atoms with Crippen LogP contribution in [0.5, 0.6) is 0 Å². The molecule has 98 valence electrons. The molecule has 0 saturated heterocycles. The molecular formula is C11H11F3N2O2. The molecule has 0 saturated carbocycles. The Morgan fingerprint density at radius 2 is 2.06 bits per heavy atom. The van der Waals surface area contributed by atoms with Gasteiger partial charge >= 0.3 is 6.18 Å². The topological polar surface area (TPSA) is 63.4 Å². The van der Waals surface area contributed by atoms with Crippen LogP contribution >= 0.6 is 0 Å². The van der Waals surface area contributed by atoms with Gasteiger partial charge in [0, 0.05) is 18.3 Å². The maximum atomic E-state index is 12.8. The minimum absolute atomic E-state index is 0.0847. The van der Waals surface area contributed by atoms with Gasteiger partial charge in [-0.2, -0.15) is 13.2 Å². The minimum atomic E-state index is -4.61. The van der Waals surface area contributed by atoms with Crippen molar-refractivity contribution in [2.24, 2.45) is 5.73 Å². The molecule has 0 aromatic heterocycles. The molecule has 18 heavy (non-hydrogen) atoms. The van der Waals surface area contributed by atoms with Gasteiger partial charge in [-0.1, -0.05) is 0 Å². The minimum Gasteiger partial charge on any atom is -0.368 e. The van der Waals surface area contributed by atoms with Crippen molar-refractivity contribution < 1.29 is 22.8 Å². The summed E-state index contributed by atoms with van der Waals surface area (Å²) in [5, 5.41) is 0. The lowest BCUT2D eigenvalue weighted by atomic mass is 10.1. The van der Waals surface area contributed by atoms with Gasteiger partial charge in [-0.3, -0.25) is 9.59 Å². The summed E-state index contributed by atoms with van der Waals surface area (Å²) >= 11 is 0. The number of carbonyl (C=O) groups is 2. The predicted octanol–water partition coefficient (Wildman–Crippen LogP) is 1.44. The second kappa shape index (κ2) is 5.07. The average Bonchev–Trinajstić information content (AvgIpc) is 2.26. The molecule has 0 aliphatic carbocycles. The van der Waals surface area contributed by atoms with Crippen molar-refractivity contribution in [3.8, 4) is 0 Å². The molecule has 0 spiro atoms. The van der Waals surface area contributed by atoms with Crippen LogP contribution in [0.25, 0.3) is 0 Å². The lowest BCUT2D eigenvalue weighted by molar-refractivity contribution is -0.137. The molecule has 1 aromatic rings. The molecule has 0 unspecified atom stereocenters. The van der Waals surface area contributed by atoms with Crippen LogP contribution in [-0.4, -0.2) is 25.8 Å². The molecule has 1 amide bonds. The summed E-state index contributed by atoms with van der Waals surface area (Å²) in [5.74, 6) is -0.745. The molecule has 1 aromatic carbocycles. The van der Waals surface area contributed by atoms with E-state index in [0.717, 1.165) is 17.0 Å². The summed E-state index contributed by atoms with van der Waals surface area (Å²) in [4.78, 5) is 22.3. The zero-order chi connectivity index (χ0) is 13.9. The van der Waals surface area contributed by atoms with Gasteiger partial charge in [-0.25, -0.2) is 0 Å². The number of nitrogens with zero attached hydrogens (tertiary/aromatic N) is 1. The van der Waals surface area contributed by atoms with E-state index in [0.29, 0.717) is 6.29 Å². The number of rotatable bonds is 4. The summed E-state index contributed by atoms with van der Waals surface area (Å²) in [6.45, 7) is -0.344. The zero-order valence-electron chi connectivity index (χ0n) is 9.49. The second-order valence-electron chi connectivity index (χ2n) is 3.71. The zero-order valence-corrected chi connectivity index (χ0v) is 9.49. The Morgan fingerprint density at radius 1 is 1.44 bits per heavy atom. The van der Waals surface area contributed by atoms with Gasteiger partial charge in [0.1, 0.15) is 6.29 Å². The molecule has 0 atom stereocenters. The van der Waals surface area contributed by atoms with E-state index in [2.05, 4.69) is 0 Å². The Labute approximate surface area is 101 Å². The van der Waals surface area contributed by atoms with Crippen LogP contribution in [0.2, 0.25) is 0 Å². The number of amides is 1. The monoisotopic (exact) mass is 260 g/mol. The van der Waals surface area contributed by atoms with E-state index < -0.39 is 17.6 Å². The first-order valence-corrected chi connectivity index (χ1v) is 4.91. The number of benzene rings is 1. The predicted molar refractivity (Wildman–Crippen MR) is 59.3 cm³/mol. The van der Waals surface area contributed by atoms with Gasteiger partial charge in [-0.05, 0) is 18.2 Å². The maximum Gasteiger partial charge on any atom is 0.418 e. The van der Waals surface area contributed by atoms with Gasteiger partial charge in [0.15, 0.2) is 0 Å². The molecule has 7 heteroatoms. The van der Waals surface area contributed by atoms with Crippen molar-refractivity contribution in [1.82, 2.24) is 0 Å². The van der Waals surface area contributed by atoms with E-state index in [-0.39, 0.29) is 17.8 Å². The van der Waals surface area contributed by atoms with Crippen LogP contribution in [0, 0.1) is 0 Å². The molecular weight excluding hydrogens is 249 g/mol. The summed E-state index contributed by atoms with van der Waals surface area (Å²) in [6.07, 6.45) is -4.28. The van der Waals surface area contributed by atoms with E-state index in [4.69, 9.17) is 5.73 Å². The fourth-order valence-electron chi connectivity index (χ4n) is 1.51. The number of likely N-dealkylation sites (N-methyl/N-ethyl adjacent to an activating group) is 1. The number of carbonyl (C=O) groups excluding carboxylic acids is 2. The van der Waals surface area contributed by atoms with E-state index in [1.54, 1.807) is 0 Å². The van der Waals surface area contributed by atoms with Crippen LogP contribution in [0.1, 0.15) is 15.9 Å². The van der Waals surface area contributed by atoms with Crippen LogP contribution < -0.4 is 10.6 Å². The Morgan fingerprint density at radius 3 is 2.50 bits per heavy atom. The molecule has 2 N–H and O–H groups in total. The van der Waals surface area contributed by atoms with Gasteiger partial charge in [-0.15, -0.1) is 0 Å². The maximum absolute atomic E-state index is 12.8. The summed E-state index contributed by atoms with van der Waals surface area (Å²) < 4.78 is 38.4. The molecule has 0 aliphatic heterocycles. The smallest absolute Gasteiger partial charge is 0.368 e. The number of anilines is 1. The Hall–Kier alpha value is -2.05. The van der Waals surface area contributed by atoms with Gasteiger partial charge in [0.25, 0.3) is 0 Å². The lowest BCUT2D eigenvalue weighted by Crippen LogP contribution is -2.32. The van der Waals surface area contributed by atoms with Crippen molar-refractivity contribution in [3.63, 3.8) is 0 Å². The van der Waals surface area contributed by atoms with Gasteiger partial charge in [0.05, 0.1) is 12.1 Å². The molecule has 1 rings (SSSR count). The van der Waals surface area contributed by atoms with Crippen molar-refractivity contribution >= 4 is 17.9 Å². The van der Waals surface area contributed by atoms with Crippen LogP contribution in [0.15, 0.2) is 18.2 Å². The van der Waals surface area contributed by atoms with E-state index in [9.17, 15) is 22.8 Å². The first kappa shape index (κ1) is 14.0. The van der Waals surface area contributed by atoms with Crippen molar-refractivity contribution in [2.45, 2.75) is 6.18 Å². The number of nitrogens with two attached hydrogens (primary N) is 1. The summed E-state index contributed by atoms with van der Waals surface area (Å²) in [7, 11) is 1.32. The van der Waals surface area contributed by atoms with Crippen LogP contribution in [0.4, 0.5) is 18.9 Å². The molecule has 4 nitrogen and oxygen atoms in total. The highest BCUT2D eigenvalue weighted by atomic mass is 19.4. The summed E-state index contributed by atoms with van der Waals surface area (Å²) in [6, 6.07) is 3.12. The normalized spacial score (nSPS) is 11.1. The van der Waals surface area contributed by atoms with Crippen LogP contribution in [-0.2, 0) is 11.0 Å². The fraction of sp³-hybridized carbons (Fsp3) is 0.273. The molecule has 0 radical (unpaired) electrons. The van der Waals surface area contributed by atoms with Crippen molar-refractivity contribution in [1.29, 1.82) is 0 Å². The Balaban J connectivity index is 3.26. The number of primary amides is 1. The third-order valence-corrected chi connectivity index (χ3v) is 2.27.